The monoisotopic (exact) mass is 212 g/mol. The molecule has 0 aliphatic carbocycles. The van der Waals surface area contributed by atoms with E-state index in [9.17, 15) is 4.79 Å². The first-order chi connectivity index (χ1) is 7.05. The molecule has 0 spiro atoms. The van der Waals surface area contributed by atoms with Gasteiger partial charge in [0.15, 0.2) is 6.29 Å². The molecule has 2 rings (SSSR count). The molecule has 2 fully saturated rings. The van der Waals surface area contributed by atoms with Gasteiger partial charge < -0.3 is 14.3 Å². The number of hydrogen-bond acceptors (Lipinski definition) is 3. The summed E-state index contributed by atoms with van der Waals surface area (Å²) in [5.41, 5.74) is -0.664. The van der Waals surface area contributed by atoms with E-state index in [4.69, 9.17) is 9.47 Å². The van der Waals surface area contributed by atoms with E-state index in [1.807, 2.05) is 6.92 Å². The van der Waals surface area contributed by atoms with E-state index in [1.165, 1.54) is 0 Å². The highest BCUT2D eigenvalue weighted by atomic mass is 16.5. The molecule has 2 aliphatic heterocycles. The molecule has 86 valence electrons. The summed E-state index contributed by atoms with van der Waals surface area (Å²) in [4.78, 5) is 10.9. The standard InChI is InChI=1S/C12H20O3/c1-11(7-10-3-6-14-8-10)4-5-12(2,9-13)15-11/h9-10H,3-8H2,1-2H3. The Labute approximate surface area is 91.1 Å². The summed E-state index contributed by atoms with van der Waals surface area (Å²) in [5, 5.41) is 0. The van der Waals surface area contributed by atoms with Gasteiger partial charge in [0.25, 0.3) is 0 Å². The molecule has 0 radical (unpaired) electrons. The SMILES string of the molecule is CC1(C=O)CCC(C)(CC2CCOC2)O1. The predicted octanol–water partition coefficient (Wildman–Crippen LogP) is 1.94. The van der Waals surface area contributed by atoms with Gasteiger partial charge in [-0.25, -0.2) is 0 Å². The summed E-state index contributed by atoms with van der Waals surface area (Å²) in [6.45, 7) is 5.75. The Morgan fingerprint density at radius 3 is 2.73 bits per heavy atom. The predicted molar refractivity (Wildman–Crippen MR) is 56.7 cm³/mol. The van der Waals surface area contributed by atoms with Crippen molar-refractivity contribution in [3.8, 4) is 0 Å². The third-order valence-corrected chi connectivity index (χ3v) is 3.62. The highest BCUT2D eigenvalue weighted by molar-refractivity contribution is 5.62. The van der Waals surface area contributed by atoms with Crippen LogP contribution in [0.5, 0.6) is 0 Å². The van der Waals surface area contributed by atoms with Gasteiger partial charge in [-0.05, 0) is 45.4 Å². The summed E-state index contributed by atoms with van der Waals surface area (Å²) < 4.78 is 11.3. The van der Waals surface area contributed by atoms with Crippen LogP contribution < -0.4 is 0 Å². The Morgan fingerprint density at radius 1 is 1.40 bits per heavy atom. The first kappa shape index (κ1) is 11.1. The van der Waals surface area contributed by atoms with Gasteiger partial charge in [-0.3, -0.25) is 0 Å². The third kappa shape index (κ3) is 2.40. The van der Waals surface area contributed by atoms with Crippen LogP contribution in [0.2, 0.25) is 0 Å². The molecule has 3 nitrogen and oxygen atoms in total. The van der Waals surface area contributed by atoms with Crippen molar-refractivity contribution in [3.05, 3.63) is 0 Å². The fourth-order valence-corrected chi connectivity index (χ4v) is 2.76. The number of hydrogen-bond donors (Lipinski definition) is 0. The van der Waals surface area contributed by atoms with E-state index in [0.717, 1.165) is 45.2 Å². The molecule has 0 aromatic carbocycles. The molecule has 0 aromatic heterocycles. The second-order valence-electron chi connectivity index (χ2n) is 5.42. The van der Waals surface area contributed by atoms with Crippen molar-refractivity contribution in [2.75, 3.05) is 13.2 Å². The van der Waals surface area contributed by atoms with Crippen LogP contribution in [0.1, 0.15) is 39.5 Å². The van der Waals surface area contributed by atoms with E-state index in [0.29, 0.717) is 5.92 Å². The molecular weight excluding hydrogens is 192 g/mol. The number of ether oxygens (including phenoxy) is 2. The number of rotatable bonds is 3. The van der Waals surface area contributed by atoms with Crippen molar-refractivity contribution in [1.82, 2.24) is 0 Å². The summed E-state index contributed by atoms with van der Waals surface area (Å²) in [6, 6.07) is 0. The quantitative estimate of drug-likeness (QED) is 0.671. The number of aldehydes is 1. The summed E-state index contributed by atoms with van der Waals surface area (Å²) in [7, 11) is 0. The number of carbonyl (C=O) groups excluding carboxylic acids is 1. The fraction of sp³-hybridized carbons (Fsp3) is 0.917. The maximum Gasteiger partial charge on any atom is 0.151 e. The van der Waals surface area contributed by atoms with Gasteiger partial charge in [-0.15, -0.1) is 0 Å². The van der Waals surface area contributed by atoms with Gasteiger partial charge in [0.1, 0.15) is 5.60 Å². The lowest BCUT2D eigenvalue weighted by Crippen LogP contribution is -2.34. The minimum Gasteiger partial charge on any atom is -0.381 e. The van der Waals surface area contributed by atoms with Gasteiger partial charge in [0, 0.05) is 13.2 Å². The van der Waals surface area contributed by atoms with E-state index in [1.54, 1.807) is 0 Å². The van der Waals surface area contributed by atoms with Gasteiger partial charge >= 0.3 is 0 Å². The lowest BCUT2D eigenvalue weighted by Gasteiger charge is -2.29. The zero-order valence-corrected chi connectivity index (χ0v) is 9.62. The van der Waals surface area contributed by atoms with Crippen molar-refractivity contribution in [2.24, 2.45) is 5.92 Å². The lowest BCUT2D eigenvalue weighted by atomic mass is 9.89. The largest absolute Gasteiger partial charge is 0.381 e. The highest BCUT2D eigenvalue weighted by Crippen LogP contribution is 2.41. The smallest absolute Gasteiger partial charge is 0.151 e. The maximum absolute atomic E-state index is 10.9. The molecule has 0 aromatic rings. The Kier molecular flexibility index (Phi) is 2.86. The van der Waals surface area contributed by atoms with Crippen molar-refractivity contribution in [1.29, 1.82) is 0 Å². The first-order valence-corrected chi connectivity index (χ1v) is 5.80. The van der Waals surface area contributed by atoms with Gasteiger partial charge in [-0.2, -0.15) is 0 Å². The average Bonchev–Trinajstić information content (AvgIpc) is 2.76. The Bertz CT molecular complexity index is 247. The van der Waals surface area contributed by atoms with Crippen molar-refractivity contribution in [2.45, 2.75) is 50.7 Å². The minimum absolute atomic E-state index is 0.117. The third-order valence-electron chi connectivity index (χ3n) is 3.62. The van der Waals surface area contributed by atoms with Crippen LogP contribution in [0.15, 0.2) is 0 Å². The lowest BCUT2D eigenvalue weighted by molar-refractivity contribution is -0.138. The van der Waals surface area contributed by atoms with Crippen LogP contribution in [0.25, 0.3) is 0 Å². The summed E-state index contributed by atoms with van der Waals surface area (Å²) >= 11 is 0. The molecule has 2 saturated heterocycles. The normalized spacial score (nSPS) is 45.9. The molecule has 0 saturated carbocycles. The molecule has 3 unspecified atom stereocenters. The van der Waals surface area contributed by atoms with Crippen LogP contribution in [-0.4, -0.2) is 30.7 Å². The van der Waals surface area contributed by atoms with Crippen molar-refractivity contribution < 1.29 is 14.3 Å². The van der Waals surface area contributed by atoms with Gasteiger partial charge in [-0.1, -0.05) is 0 Å². The summed E-state index contributed by atoms with van der Waals surface area (Å²) in [6.07, 6.45) is 4.94. The zero-order chi connectivity index (χ0) is 10.9. The van der Waals surface area contributed by atoms with Gasteiger partial charge in [0.2, 0.25) is 0 Å². The Hall–Kier alpha value is -0.410. The second kappa shape index (κ2) is 3.87. The van der Waals surface area contributed by atoms with E-state index < -0.39 is 5.60 Å². The van der Waals surface area contributed by atoms with E-state index in [-0.39, 0.29) is 5.60 Å². The first-order valence-electron chi connectivity index (χ1n) is 5.80. The van der Waals surface area contributed by atoms with Crippen LogP contribution in [0.3, 0.4) is 0 Å². The second-order valence-corrected chi connectivity index (χ2v) is 5.42. The van der Waals surface area contributed by atoms with Gasteiger partial charge in [0.05, 0.1) is 5.60 Å². The molecule has 3 heteroatoms. The van der Waals surface area contributed by atoms with Crippen molar-refractivity contribution >= 4 is 6.29 Å². The molecule has 3 atom stereocenters. The fourth-order valence-electron chi connectivity index (χ4n) is 2.76. The van der Waals surface area contributed by atoms with Crippen LogP contribution in [-0.2, 0) is 14.3 Å². The highest BCUT2D eigenvalue weighted by Gasteiger charge is 2.44. The topological polar surface area (TPSA) is 35.5 Å². The molecule has 2 aliphatic rings. The van der Waals surface area contributed by atoms with E-state index >= 15 is 0 Å². The molecule has 0 bridgehead atoms. The Balaban J connectivity index is 1.93. The molecule has 0 N–H and O–H groups in total. The Morgan fingerprint density at radius 2 is 2.20 bits per heavy atom. The maximum atomic E-state index is 10.9. The molecule has 0 amide bonds. The van der Waals surface area contributed by atoms with Crippen LogP contribution >= 0.6 is 0 Å². The molecule has 2 heterocycles. The summed E-state index contributed by atoms with van der Waals surface area (Å²) in [5.74, 6) is 0.615. The van der Waals surface area contributed by atoms with Crippen molar-refractivity contribution in [3.63, 3.8) is 0 Å². The van der Waals surface area contributed by atoms with Crippen LogP contribution in [0, 0.1) is 5.92 Å². The van der Waals surface area contributed by atoms with E-state index in [2.05, 4.69) is 6.92 Å². The minimum atomic E-state index is -0.547. The van der Waals surface area contributed by atoms with Crippen LogP contribution in [0.4, 0.5) is 0 Å². The molecule has 15 heavy (non-hydrogen) atoms. The number of carbonyl (C=O) groups is 1. The average molecular weight is 212 g/mol. The molecular formula is C12H20O3. The zero-order valence-electron chi connectivity index (χ0n) is 9.62.